The first-order chi connectivity index (χ1) is 7.31. The number of halogens is 1. The van der Waals surface area contributed by atoms with Gasteiger partial charge in [-0.1, -0.05) is 0 Å². The van der Waals surface area contributed by atoms with Gasteiger partial charge in [0.25, 0.3) is 0 Å². The van der Waals surface area contributed by atoms with Crippen molar-refractivity contribution in [1.29, 1.82) is 0 Å². The van der Waals surface area contributed by atoms with Crippen LogP contribution in [0.2, 0.25) is 0 Å². The number of carbonyl (C=O) groups excluding carboxylic acids is 1. The topological polar surface area (TPSA) is 39.2 Å². The molecule has 0 radical (unpaired) electrons. The van der Waals surface area contributed by atoms with Crippen LogP contribution < -0.4 is 0 Å². The van der Waals surface area contributed by atoms with Crippen molar-refractivity contribution in [1.82, 2.24) is 4.98 Å². The average Bonchev–Trinajstić information content (AvgIpc) is 2.78. The first kappa shape index (κ1) is 11.0. The highest BCUT2D eigenvalue weighted by molar-refractivity contribution is 7.10. The van der Waals surface area contributed by atoms with Crippen molar-refractivity contribution in [3.63, 3.8) is 0 Å². The van der Waals surface area contributed by atoms with Gasteiger partial charge < -0.3 is 4.74 Å². The number of Topliss-reactive ketones (excluding diaryl/α,β-unsaturated/α-hetero) is 1. The second-order valence-electron chi connectivity index (χ2n) is 3.54. The number of hydrogen-bond donors (Lipinski definition) is 0. The lowest BCUT2D eigenvalue weighted by Crippen LogP contribution is -2.15. The predicted molar refractivity (Wildman–Crippen MR) is 60.0 cm³/mol. The Morgan fingerprint density at radius 3 is 3.27 bits per heavy atom. The van der Waals surface area contributed by atoms with E-state index >= 15 is 0 Å². The Bertz CT molecular complexity index is 347. The van der Waals surface area contributed by atoms with Crippen LogP contribution in [0.3, 0.4) is 0 Å². The quantitative estimate of drug-likeness (QED) is 0.607. The number of carbonyl (C=O) groups is 1. The molecule has 1 aliphatic rings. The lowest BCUT2D eigenvalue weighted by molar-refractivity contribution is 0.0802. The van der Waals surface area contributed by atoms with E-state index in [0.29, 0.717) is 11.6 Å². The molecule has 1 aliphatic heterocycles. The smallest absolute Gasteiger partial charge is 0.196 e. The molecule has 1 aromatic heterocycles. The van der Waals surface area contributed by atoms with Gasteiger partial charge in [-0.05, 0) is 12.8 Å². The van der Waals surface area contributed by atoms with E-state index in [-0.39, 0.29) is 11.7 Å². The van der Waals surface area contributed by atoms with Crippen LogP contribution in [0.5, 0.6) is 0 Å². The molecule has 0 bridgehead atoms. The minimum absolute atomic E-state index is 0.00431. The van der Waals surface area contributed by atoms with Gasteiger partial charge in [-0.25, -0.2) is 4.98 Å². The SMILES string of the molecule is O=C(CCl)c1csc(C2CCCOC2)n1. The van der Waals surface area contributed by atoms with Crippen molar-refractivity contribution in [2.24, 2.45) is 0 Å². The monoisotopic (exact) mass is 245 g/mol. The molecule has 1 aromatic rings. The average molecular weight is 246 g/mol. The van der Waals surface area contributed by atoms with Crippen molar-refractivity contribution in [3.05, 3.63) is 16.1 Å². The molecule has 0 spiro atoms. The fourth-order valence-electron chi connectivity index (χ4n) is 1.61. The van der Waals surface area contributed by atoms with E-state index in [1.807, 2.05) is 0 Å². The van der Waals surface area contributed by atoms with Crippen LogP contribution in [0.1, 0.15) is 34.3 Å². The number of hydrogen-bond acceptors (Lipinski definition) is 4. The van der Waals surface area contributed by atoms with Crippen LogP contribution in [0.25, 0.3) is 0 Å². The number of nitrogens with zero attached hydrogens (tertiary/aromatic N) is 1. The van der Waals surface area contributed by atoms with Crippen molar-refractivity contribution in [2.75, 3.05) is 19.1 Å². The molecule has 2 rings (SSSR count). The van der Waals surface area contributed by atoms with Crippen LogP contribution in [-0.4, -0.2) is 29.9 Å². The zero-order valence-electron chi connectivity index (χ0n) is 8.24. The third-order valence-corrected chi connectivity index (χ3v) is 3.69. The molecule has 2 heterocycles. The van der Waals surface area contributed by atoms with Crippen LogP contribution in [0, 0.1) is 0 Å². The first-order valence-electron chi connectivity index (χ1n) is 4.93. The Morgan fingerprint density at radius 1 is 1.73 bits per heavy atom. The Morgan fingerprint density at radius 2 is 2.60 bits per heavy atom. The van der Waals surface area contributed by atoms with Gasteiger partial charge in [0, 0.05) is 17.9 Å². The maximum absolute atomic E-state index is 11.3. The second kappa shape index (κ2) is 5.05. The Kier molecular flexibility index (Phi) is 3.72. The summed E-state index contributed by atoms with van der Waals surface area (Å²) in [5.74, 6) is 0.265. The first-order valence-corrected chi connectivity index (χ1v) is 6.35. The molecule has 0 aliphatic carbocycles. The molecule has 1 saturated heterocycles. The van der Waals surface area contributed by atoms with Gasteiger partial charge >= 0.3 is 0 Å². The third-order valence-electron chi connectivity index (χ3n) is 2.44. The summed E-state index contributed by atoms with van der Waals surface area (Å²) in [7, 11) is 0. The Balaban J connectivity index is 2.08. The van der Waals surface area contributed by atoms with Gasteiger partial charge in [-0.3, -0.25) is 4.79 Å². The largest absolute Gasteiger partial charge is 0.381 e. The zero-order chi connectivity index (χ0) is 10.7. The van der Waals surface area contributed by atoms with Gasteiger partial charge in [-0.15, -0.1) is 22.9 Å². The Labute approximate surface area is 97.4 Å². The summed E-state index contributed by atoms with van der Waals surface area (Å²) in [5.41, 5.74) is 0.496. The van der Waals surface area contributed by atoms with Gasteiger partial charge in [0.05, 0.1) is 17.5 Å². The molecule has 15 heavy (non-hydrogen) atoms. The van der Waals surface area contributed by atoms with E-state index in [2.05, 4.69) is 4.98 Å². The molecular formula is C10H12ClNO2S. The molecule has 3 nitrogen and oxygen atoms in total. The van der Waals surface area contributed by atoms with Crippen molar-refractivity contribution in [2.45, 2.75) is 18.8 Å². The minimum Gasteiger partial charge on any atom is -0.381 e. The zero-order valence-corrected chi connectivity index (χ0v) is 9.81. The van der Waals surface area contributed by atoms with Gasteiger partial charge in [0.1, 0.15) is 5.69 Å². The molecule has 1 fully saturated rings. The second-order valence-corrected chi connectivity index (χ2v) is 4.70. The van der Waals surface area contributed by atoms with E-state index < -0.39 is 0 Å². The molecule has 5 heteroatoms. The fraction of sp³-hybridized carbons (Fsp3) is 0.600. The maximum atomic E-state index is 11.3. The number of aromatic nitrogens is 1. The number of ether oxygens (including phenoxy) is 1. The fourth-order valence-corrected chi connectivity index (χ4v) is 2.69. The van der Waals surface area contributed by atoms with Crippen LogP contribution in [-0.2, 0) is 4.74 Å². The standard InChI is InChI=1S/C10H12ClNO2S/c11-4-9(13)8-6-15-10(12-8)7-2-1-3-14-5-7/h6-7H,1-5H2. The van der Waals surface area contributed by atoms with Crippen LogP contribution in [0.4, 0.5) is 0 Å². The molecule has 1 atom stereocenters. The van der Waals surface area contributed by atoms with Crippen molar-refractivity contribution >= 4 is 28.7 Å². The number of thiazole rings is 1. The van der Waals surface area contributed by atoms with Crippen LogP contribution in [0.15, 0.2) is 5.38 Å². The summed E-state index contributed by atoms with van der Waals surface area (Å²) in [5, 5.41) is 2.79. The summed E-state index contributed by atoms with van der Waals surface area (Å²) < 4.78 is 5.39. The molecule has 0 aromatic carbocycles. The van der Waals surface area contributed by atoms with E-state index in [4.69, 9.17) is 16.3 Å². The highest BCUT2D eigenvalue weighted by atomic mass is 35.5. The minimum atomic E-state index is -0.101. The van der Waals surface area contributed by atoms with Crippen molar-refractivity contribution < 1.29 is 9.53 Å². The van der Waals surface area contributed by atoms with E-state index in [0.717, 1.165) is 31.1 Å². The summed E-state index contributed by atoms with van der Waals surface area (Å²) >= 11 is 7.00. The van der Waals surface area contributed by atoms with E-state index in [1.54, 1.807) is 5.38 Å². The molecular weight excluding hydrogens is 234 g/mol. The maximum Gasteiger partial charge on any atom is 0.196 e. The number of rotatable bonds is 3. The van der Waals surface area contributed by atoms with E-state index in [9.17, 15) is 4.79 Å². The summed E-state index contributed by atoms with van der Waals surface area (Å²) in [6.45, 7) is 1.57. The van der Waals surface area contributed by atoms with Gasteiger partial charge in [0.15, 0.2) is 5.78 Å². The lowest BCUT2D eigenvalue weighted by atomic mass is 10.0. The van der Waals surface area contributed by atoms with Gasteiger partial charge in [-0.2, -0.15) is 0 Å². The highest BCUT2D eigenvalue weighted by Gasteiger charge is 2.20. The highest BCUT2D eigenvalue weighted by Crippen LogP contribution is 2.27. The van der Waals surface area contributed by atoms with E-state index in [1.165, 1.54) is 11.3 Å². The molecule has 82 valence electrons. The predicted octanol–water partition coefficient (Wildman–Crippen LogP) is 2.46. The van der Waals surface area contributed by atoms with Crippen molar-refractivity contribution in [3.8, 4) is 0 Å². The summed E-state index contributed by atoms with van der Waals surface area (Å²) in [6.07, 6.45) is 2.17. The normalized spacial score (nSPS) is 21.5. The summed E-state index contributed by atoms with van der Waals surface area (Å²) in [4.78, 5) is 15.6. The summed E-state index contributed by atoms with van der Waals surface area (Å²) in [6, 6.07) is 0. The molecule has 1 unspecified atom stereocenters. The van der Waals surface area contributed by atoms with Crippen LogP contribution >= 0.6 is 22.9 Å². The molecule has 0 saturated carbocycles. The molecule has 0 N–H and O–H groups in total. The molecule has 0 amide bonds. The van der Waals surface area contributed by atoms with Gasteiger partial charge in [0.2, 0.25) is 0 Å². The third kappa shape index (κ3) is 2.56. The number of alkyl halides is 1. The Hall–Kier alpha value is -0.450. The number of ketones is 1. The lowest BCUT2D eigenvalue weighted by Gasteiger charge is -2.19.